The first-order chi connectivity index (χ1) is 10.7. The molecule has 1 aromatic heterocycles. The fourth-order valence-electron chi connectivity index (χ4n) is 1.96. The summed E-state index contributed by atoms with van der Waals surface area (Å²) in [6.07, 6.45) is 5.21. The maximum atomic E-state index is 11.8. The van der Waals surface area contributed by atoms with Gasteiger partial charge in [-0.3, -0.25) is 4.79 Å². The van der Waals surface area contributed by atoms with Crippen LogP contribution >= 0.6 is 0 Å². The van der Waals surface area contributed by atoms with Crippen LogP contribution in [0.4, 0.5) is 5.95 Å². The molecule has 0 saturated heterocycles. The largest absolute Gasteiger partial charge is 0.497 e. The summed E-state index contributed by atoms with van der Waals surface area (Å²) in [5, 5.41) is 6.03. The lowest BCUT2D eigenvalue weighted by Crippen LogP contribution is -2.25. The third kappa shape index (κ3) is 3.72. The number of hydrogen-bond acceptors (Lipinski definition) is 5. The number of nitrogens with zero attached hydrogens (tertiary/aromatic N) is 2. The number of nitrogens with one attached hydrogen (secondary N) is 2. The van der Waals surface area contributed by atoms with Crippen molar-refractivity contribution in [3.63, 3.8) is 0 Å². The topological polar surface area (TPSA) is 76.1 Å². The molecule has 2 aromatic rings. The Kier molecular flexibility index (Phi) is 4.18. The summed E-state index contributed by atoms with van der Waals surface area (Å²) in [6, 6.07) is 8.10. The minimum absolute atomic E-state index is 0.107. The maximum absolute atomic E-state index is 11.8. The van der Waals surface area contributed by atoms with Crippen molar-refractivity contribution in [3.05, 3.63) is 47.8 Å². The van der Waals surface area contributed by atoms with Crippen molar-refractivity contribution in [2.24, 2.45) is 0 Å². The number of carbonyl (C=O) groups is 1. The minimum atomic E-state index is -0.107. The van der Waals surface area contributed by atoms with Crippen LogP contribution in [0.15, 0.2) is 36.7 Å². The van der Waals surface area contributed by atoms with Gasteiger partial charge in [0, 0.05) is 25.0 Å². The van der Waals surface area contributed by atoms with Gasteiger partial charge in [0.1, 0.15) is 5.75 Å². The molecule has 0 radical (unpaired) electrons. The smallest absolute Gasteiger partial charge is 0.254 e. The average Bonchev–Trinajstić information content (AvgIpc) is 3.38. The van der Waals surface area contributed by atoms with Crippen LogP contribution in [0.5, 0.6) is 5.75 Å². The first-order valence-corrected chi connectivity index (χ1v) is 7.24. The van der Waals surface area contributed by atoms with Crippen molar-refractivity contribution in [2.75, 3.05) is 12.4 Å². The van der Waals surface area contributed by atoms with Gasteiger partial charge in [-0.05, 0) is 30.5 Å². The van der Waals surface area contributed by atoms with E-state index >= 15 is 0 Å². The van der Waals surface area contributed by atoms with Crippen molar-refractivity contribution in [1.29, 1.82) is 0 Å². The summed E-state index contributed by atoms with van der Waals surface area (Å²) in [7, 11) is 1.64. The van der Waals surface area contributed by atoms with Gasteiger partial charge in [-0.15, -0.1) is 0 Å². The zero-order chi connectivity index (χ0) is 15.4. The fourth-order valence-corrected chi connectivity index (χ4v) is 1.96. The highest BCUT2D eigenvalue weighted by Crippen LogP contribution is 2.19. The molecule has 1 heterocycles. The van der Waals surface area contributed by atoms with Gasteiger partial charge in [0.2, 0.25) is 5.95 Å². The number of methoxy groups -OCH3 is 1. The molecule has 22 heavy (non-hydrogen) atoms. The van der Waals surface area contributed by atoms with E-state index in [4.69, 9.17) is 4.74 Å². The molecule has 1 fully saturated rings. The molecule has 0 atom stereocenters. The molecule has 0 bridgehead atoms. The van der Waals surface area contributed by atoms with E-state index < -0.39 is 0 Å². The standard InChI is InChI=1S/C16H18N4O2/c1-22-14-6-2-11(3-7-14)8-17-16-18-9-12(10-19-16)15(21)20-13-4-5-13/h2-3,6-7,9-10,13H,4-5,8H2,1H3,(H,20,21)(H,17,18,19). The second-order valence-electron chi connectivity index (χ2n) is 5.24. The Hall–Kier alpha value is -2.63. The minimum Gasteiger partial charge on any atom is -0.497 e. The maximum Gasteiger partial charge on any atom is 0.254 e. The summed E-state index contributed by atoms with van der Waals surface area (Å²) in [4.78, 5) is 20.2. The Bertz CT molecular complexity index is 636. The van der Waals surface area contributed by atoms with Crippen molar-refractivity contribution in [3.8, 4) is 5.75 Å². The fraction of sp³-hybridized carbons (Fsp3) is 0.312. The van der Waals surface area contributed by atoms with E-state index in [9.17, 15) is 4.79 Å². The molecule has 1 saturated carbocycles. The Morgan fingerprint density at radius 1 is 1.23 bits per heavy atom. The third-order valence-corrected chi connectivity index (χ3v) is 3.44. The summed E-state index contributed by atoms with van der Waals surface area (Å²) in [5.74, 6) is 1.22. The molecular weight excluding hydrogens is 280 g/mol. The lowest BCUT2D eigenvalue weighted by Gasteiger charge is -2.07. The van der Waals surface area contributed by atoms with E-state index in [0.29, 0.717) is 24.1 Å². The highest BCUT2D eigenvalue weighted by atomic mass is 16.5. The highest BCUT2D eigenvalue weighted by molar-refractivity contribution is 5.94. The quantitative estimate of drug-likeness (QED) is 0.853. The molecule has 6 heteroatoms. The summed E-state index contributed by atoms with van der Waals surface area (Å²) >= 11 is 0. The molecular formula is C16H18N4O2. The van der Waals surface area contributed by atoms with E-state index in [2.05, 4.69) is 20.6 Å². The van der Waals surface area contributed by atoms with Gasteiger partial charge in [0.15, 0.2) is 0 Å². The zero-order valence-corrected chi connectivity index (χ0v) is 12.4. The molecule has 1 aromatic carbocycles. The van der Waals surface area contributed by atoms with E-state index in [1.54, 1.807) is 19.5 Å². The van der Waals surface area contributed by atoms with E-state index in [-0.39, 0.29) is 5.91 Å². The van der Waals surface area contributed by atoms with Crippen LogP contribution in [0.3, 0.4) is 0 Å². The van der Waals surface area contributed by atoms with Gasteiger partial charge < -0.3 is 15.4 Å². The van der Waals surface area contributed by atoms with Crippen LogP contribution in [-0.4, -0.2) is 29.0 Å². The second kappa shape index (κ2) is 6.43. The number of rotatable bonds is 6. The predicted octanol–water partition coefficient (Wildman–Crippen LogP) is 1.99. The first kappa shape index (κ1) is 14.3. The van der Waals surface area contributed by atoms with Crippen LogP contribution in [0.1, 0.15) is 28.8 Å². The monoisotopic (exact) mass is 298 g/mol. The van der Waals surface area contributed by atoms with Crippen LogP contribution in [-0.2, 0) is 6.54 Å². The van der Waals surface area contributed by atoms with Crippen LogP contribution in [0.25, 0.3) is 0 Å². The van der Waals surface area contributed by atoms with Crippen molar-refractivity contribution < 1.29 is 9.53 Å². The molecule has 2 N–H and O–H groups in total. The summed E-state index contributed by atoms with van der Waals surface area (Å²) < 4.78 is 5.12. The molecule has 0 aliphatic heterocycles. The Labute approximate surface area is 128 Å². The van der Waals surface area contributed by atoms with Gasteiger partial charge in [-0.2, -0.15) is 0 Å². The van der Waals surface area contributed by atoms with Gasteiger partial charge in [-0.1, -0.05) is 12.1 Å². The number of benzene rings is 1. The lowest BCUT2D eigenvalue weighted by molar-refractivity contribution is 0.0950. The van der Waals surface area contributed by atoms with Gasteiger partial charge in [0.25, 0.3) is 5.91 Å². The second-order valence-corrected chi connectivity index (χ2v) is 5.24. The molecule has 6 nitrogen and oxygen atoms in total. The Morgan fingerprint density at radius 2 is 1.91 bits per heavy atom. The third-order valence-electron chi connectivity index (χ3n) is 3.44. The predicted molar refractivity (Wildman–Crippen MR) is 82.8 cm³/mol. The molecule has 114 valence electrons. The Balaban J connectivity index is 1.54. The highest BCUT2D eigenvalue weighted by Gasteiger charge is 2.23. The number of ether oxygens (including phenoxy) is 1. The van der Waals surface area contributed by atoms with Gasteiger partial charge in [0.05, 0.1) is 12.7 Å². The molecule has 3 rings (SSSR count). The number of amides is 1. The van der Waals surface area contributed by atoms with Crippen LogP contribution < -0.4 is 15.4 Å². The van der Waals surface area contributed by atoms with E-state index in [1.165, 1.54) is 0 Å². The molecule has 1 aliphatic rings. The van der Waals surface area contributed by atoms with Crippen molar-refractivity contribution in [2.45, 2.75) is 25.4 Å². The van der Waals surface area contributed by atoms with Crippen LogP contribution in [0, 0.1) is 0 Å². The molecule has 1 aliphatic carbocycles. The molecule has 1 amide bonds. The van der Waals surface area contributed by atoms with E-state index in [1.807, 2.05) is 24.3 Å². The molecule has 0 unspecified atom stereocenters. The average molecular weight is 298 g/mol. The lowest BCUT2D eigenvalue weighted by atomic mass is 10.2. The number of carbonyl (C=O) groups excluding carboxylic acids is 1. The normalized spacial score (nSPS) is 13.5. The van der Waals surface area contributed by atoms with E-state index in [0.717, 1.165) is 24.2 Å². The van der Waals surface area contributed by atoms with Gasteiger partial charge in [-0.25, -0.2) is 9.97 Å². The number of hydrogen-bond donors (Lipinski definition) is 2. The Morgan fingerprint density at radius 3 is 2.50 bits per heavy atom. The zero-order valence-electron chi connectivity index (χ0n) is 12.4. The number of aromatic nitrogens is 2. The van der Waals surface area contributed by atoms with Crippen LogP contribution in [0.2, 0.25) is 0 Å². The SMILES string of the molecule is COc1ccc(CNc2ncc(C(=O)NC3CC3)cn2)cc1. The summed E-state index contributed by atoms with van der Waals surface area (Å²) in [5.41, 5.74) is 1.59. The molecule has 0 spiro atoms. The summed E-state index contributed by atoms with van der Waals surface area (Å²) in [6.45, 7) is 0.609. The van der Waals surface area contributed by atoms with Gasteiger partial charge >= 0.3 is 0 Å². The number of anilines is 1. The van der Waals surface area contributed by atoms with Crippen molar-refractivity contribution >= 4 is 11.9 Å². The first-order valence-electron chi connectivity index (χ1n) is 7.24. The van der Waals surface area contributed by atoms with Crippen molar-refractivity contribution in [1.82, 2.24) is 15.3 Å².